The minimum Gasteiger partial charge on any atom is -0.503 e. The molecule has 0 spiro atoms. The molecule has 2 N–H and O–H groups in total. The summed E-state index contributed by atoms with van der Waals surface area (Å²) < 4.78 is 47.8. The summed E-state index contributed by atoms with van der Waals surface area (Å²) in [7, 11) is 0. The van der Waals surface area contributed by atoms with Gasteiger partial charge in [-0.1, -0.05) is 0 Å². The van der Waals surface area contributed by atoms with E-state index in [9.17, 15) is 32.7 Å². The highest BCUT2D eigenvalue weighted by atomic mass is 19.1. The van der Waals surface area contributed by atoms with Gasteiger partial charge >= 0.3 is 0 Å². The first kappa shape index (κ1) is 21.9. The highest BCUT2D eigenvalue weighted by Gasteiger charge is 2.41. The number of aromatic nitrogens is 1. The molecular weight excluding hydrogens is 431 g/mol. The van der Waals surface area contributed by atoms with E-state index in [1.54, 1.807) is 13.8 Å². The Bertz CT molecular complexity index is 1160. The summed E-state index contributed by atoms with van der Waals surface area (Å²) in [6.07, 6.45) is 0.745. The van der Waals surface area contributed by atoms with Gasteiger partial charge in [-0.05, 0) is 13.8 Å². The lowest BCUT2D eigenvalue weighted by Crippen LogP contribution is -2.49. The number of hydrogen-bond donors (Lipinski definition) is 2. The fourth-order valence-electron chi connectivity index (χ4n) is 4.01. The van der Waals surface area contributed by atoms with Crippen LogP contribution < -0.4 is 10.7 Å². The van der Waals surface area contributed by atoms with Crippen LogP contribution >= 0.6 is 0 Å². The lowest BCUT2D eigenvalue weighted by atomic mass is 10.0. The zero-order chi connectivity index (χ0) is 23.3. The van der Waals surface area contributed by atoms with E-state index in [2.05, 4.69) is 5.32 Å². The van der Waals surface area contributed by atoms with E-state index in [1.165, 1.54) is 9.47 Å². The van der Waals surface area contributed by atoms with Crippen molar-refractivity contribution in [2.24, 2.45) is 0 Å². The normalized spacial score (nSPS) is 22.3. The van der Waals surface area contributed by atoms with E-state index in [0.29, 0.717) is 12.1 Å². The van der Waals surface area contributed by atoms with Crippen molar-refractivity contribution < 1.29 is 32.6 Å². The van der Waals surface area contributed by atoms with Gasteiger partial charge in [0, 0.05) is 37.0 Å². The van der Waals surface area contributed by atoms with Gasteiger partial charge < -0.3 is 24.6 Å². The van der Waals surface area contributed by atoms with E-state index < -0.39 is 70.3 Å². The van der Waals surface area contributed by atoms with Gasteiger partial charge in [0.15, 0.2) is 11.4 Å². The van der Waals surface area contributed by atoms with Gasteiger partial charge in [0.25, 0.3) is 11.8 Å². The van der Waals surface area contributed by atoms with E-state index in [1.807, 2.05) is 0 Å². The fraction of sp³-hybridized carbons (Fsp3) is 0.381. The summed E-state index contributed by atoms with van der Waals surface area (Å²) in [6, 6.07) is 0.186. The Kier molecular flexibility index (Phi) is 5.45. The molecule has 170 valence electrons. The molecule has 3 atom stereocenters. The zero-order valence-corrected chi connectivity index (χ0v) is 17.2. The molecule has 0 radical (unpaired) electrons. The molecule has 2 aromatic rings. The minimum atomic E-state index is -1.20. The SMILES string of the molecule is C[C@@H]1CO[C@H](C)[C@H]2CN1C(=O)c1c(O)c(=O)c(C(=O)NCc3c(F)cc(F)cc3F)cn12. The smallest absolute Gasteiger partial charge is 0.274 e. The van der Waals surface area contributed by atoms with Gasteiger partial charge in [0.2, 0.25) is 5.43 Å². The van der Waals surface area contributed by atoms with Crippen LogP contribution in [0.2, 0.25) is 0 Å². The van der Waals surface area contributed by atoms with Crippen LogP contribution in [0.25, 0.3) is 0 Å². The molecule has 1 aromatic heterocycles. The molecular formula is C21H20F3N3O5. The van der Waals surface area contributed by atoms with E-state index in [0.717, 1.165) is 6.20 Å². The summed E-state index contributed by atoms with van der Waals surface area (Å²) in [5.74, 6) is -5.98. The quantitative estimate of drug-likeness (QED) is 0.740. The molecule has 0 aliphatic carbocycles. The number of halogens is 3. The number of nitrogens with zero attached hydrogens (tertiary/aromatic N) is 2. The molecule has 11 heteroatoms. The molecule has 8 nitrogen and oxygen atoms in total. The number of fused-ring (bicyclic) bond motifs is 4. The third-order valence-electron chi connectivity index (χ3n) is 5.87. The molecule has 4 rings (SSSR count). The zero-order valence-electron chi connectivity index (χ0n) is 17.2. The largest absolute Gasteiger partial charge is 0.503 e. The van der Waals surface area contributed by atoms with Crippen LogP contribution in [0.15, 0.2) is 23.1 Å². The number of aromatic hydroxyl groups is 1. The monoisotopic (exact) mass is 451 g/mol. The predicted octanol–water partition coefficient (Wildman–Crippen LogP) is 1.71. The number of carbonyl (C=O) groups is 2. The van der Waals surface area contributed by atoms with Crippen molar-refractivity contribution in [1.82, 2.24) is 14.8 Å². The van der Waals surface area contributed by atoms with Gasteiger partial charge in [-0.3, -0.25) is 14.4 Å². The average molecular weight is 451 g/mol. The van der Waals surface area contributed by atoms with Gasteiger partial charge in [0.05, 0.1) is 24.8 Å². The minimum absolute atomic E-state index is 0.248. The van der Waals surface area contributed by atoms with Crippen molar-refractivity contribution in [2.75, 3.05) is 13.2 Å². The molecule has 3 heterocycles. The molecule has 0 saturated carbocycles. The Morgan fingerprint density at radius 2 is 1.88 bits per heavy atom. The first-order valence-corrected chi connectivity index (χ1v) is 9.92. The average Bonchev–Trinajstić information content (AvgIpc) is 2.85. The second-order valence-electron chi connectivity index (χ2n) is 7.92. The number of ether oxygens (including phenoxy) is 1. The third kappa shape index (κ3) is 3.52. The number of hydrogen-bond acceptors (Lipinski definition) is 5. The third-order valence-corrected chi connectivity index (χ3v) is 5.87. The Morgan fingerprint density at radius 3 is 2.53 bits per heavy atom. The number of pyridine rings is 1. The number of carbonyl (C=O) groups excluding carboxylic acids is 2. The maximum absolute atomic E-state index is 13.8. The van der Waals surface area contributed by atoms with Crippen molar-refractivity contribution in [3.8, 4) is 5.75 Å². The van der Waals surface area contributed by atoms with Crippen LogP contribution in [0.5, 0.6) is 5.75 Å². The summed E-state index contributed by atoms with van der Waals surface area (Å²) >= 11 is 0. The lowest BCUT2D eigenvalue weighted by molar-refractivity contribution is 0.0400. The highest BCUT2D eigenvalue weighted by molar-refractivity contribution is 5.99. The summed E-state index contributed by atoms with van der Waals surface area (Å²) in [6.45, 7) is 3.42. The van der Waals surface area contributed by atoms with Crippen LogP contribution in [-0.4, -0.2) is 51.7 Å². The second kappa shape index (κ2) is 7.97. The van der Waals surface area contributed by atoms with Crippen LogP contribution in [0.1, 0.15) is 46.3 Å². The van der Waals surface area contributed by atoms with Gasteiger partial charge in [-0.2, -0.15) is 0 Å². The van der Waals surface area contributed by atoms with Crippen LogP contribution in [-0.2, 0) is 11.3 Å². The van der Waals surface area contributed by atoms with Crippen molar-refractivity contribution in [2.45, 2.75) is 38.6 Å². The number of nitrogens with one attached hydrogen (secondary N) is 1. The molecule has 2 aliphatic rings. The maximum atomic E-state index is 13.8. The van der Waals surface area contributed by atoms with Crippen molar-refractivity contribution in [3.63, 3.8) is 0 Å². The molecule has 32 heavy (non-hydrogen) atoms. The number of benzene rings is 1. The molecule has 2 aliphatic heterocycles. The molecule has 0 unspecified atom stereocenters. The van der Waals surface area contributed by atoms with Crippen molar-refractivity contribution >= 4 is 11.8 Å². The fourth-order valence-corrected chi connectivity index (χ4v) is 4.01. The topological polar surface area (TPSA) is 101 Å². The Morgan fingerprint density at radius 1 is 1.22 bits per heavy atom. The van der Waals surface area contributed by atoms with E-state index in [-0.39, 0.29) is 24.9 Å². The first-order chi connectivity index (χ1) is 15.1. The standard InChI is InChI=1S/C21H20F3N3O5/c1-9-8-32-10(2)16-7-26(9)21(31)17-19(29)18(28)13(6-27(16)17)20(30)25-5-12-14(23)3-11(22)4-15(12)24/h3-4,6,9-10,16,29H,5,7-8H2,1-2H3,(H,25,30)/t9-,10-,16-/m1/s1. The summed E-state index contributed by atoms with van der Waals surface area (Å²) in [5.41, 5.74) is -2.45. The molecule has 1 saturated heterocycles. The van der Waals surface area contributed by atoms with Crippen LogP contribution in [0, 0.1) is 17.5 Å². The highest BCUT2D eigenvalue weighted by Crippen LogP contribution is 2.32. The Balaban J connectivity index is 1.70. The van der Waals surface area contributed by atoms with Crippen molar-refractivity contribution in [1.29, 1.82) is 0 Å². The Labute approximate surface area is 180 Å². The molecule has 1 fully saturated rings. The Hall–Kier alpha value is -3.34. The van der Waals surface area contributed by atoms with Crippen molar-refractivity contribution in [3.05, 3.63) is 62.8 Å². The number of amides is 2. The molecule has 2 bridgehead atoms. The van der Waals surface area contributed by atoms with Gasteiger partial charge in [0.1, 0.15) is 23.0 Å². The number of rotatable bonds is 3. The second-order valence-corrected chi connectivity index (χ2v) is 7.92. The summed E-state index contributed by atoms with van der Waals surface area (Å²) in [5, 5.41) is 12.7. The predicted molar refractivity (Wildman–Crippen MR) is 105 cm³/mol. The van der Waals surface area contributed by atoms with Crippen LogP contribution in [0.3, 0.4) is 0 Å². The van der Waals surface area contributed by atoms with Gasteiger partial charge in [-0.15, -0.1) is 0 Å². The maximum Gasteiger partial charge on any atom is 0.274 e. The van der Waals surface area contributed by atoms with Gasteiger partial charge in [-0.25, -0.2) is 13.2 Å². The molecule has 1 aromatic carbocycles. The summed E-state index contributed by atoms with van der Waals surface area (Å²) in [4.78, 5) is 39.7. The lowest BCUT2D eigenvalue weighted by Gasteiger charge is -2.37. The first-order valence-electron chi connectivity index (χ1n) is 9.92. The van der Waals surface area contributed by atoms with Crippen LogP contribution in [0.4, 0.5) is 13.2 Å². The van der Waals surface area contributed by atoms with E-state index >= 15 is 0 Å². The van der Waals surface area contributed by atoms with E-state index in [4.69, 9.17) is 4.74 Å². The molecule has 2 amide bonds.